The van der Waals surface area contributed by atoms with E-state index < -0.39 is 31.4 Å². The number of amides is 1. The first-order chi connectivity index (χ1) is 29.7. The number of fused-ring (bicyclic) bond motifs is 1. The van der Waals surface area contributed by atoms with Crippen molar-refractivity contribution < 1.29 is 27.6 Å². The van der Waals surface area contributed by atoms with Gasteiger partial charge in [-0.25, -0.2) is 18.1 Å². The molecule has 2 aliphatic rings. The first-order valence-electron chi connectivity index (χ1n) is 20.7. The monoisotopic (exact) mass is 903 g/mol. The smallest absolute Gasteiger partial charge is 0.293 e. The maximum Gasteiger partial charge on any atom is 0.293 e. The third kappa shape index (κ3) is 11.1. The molecule has 328 valence electrons. The van der Waals surface area contributed by atoms with Gasteiger partial charge in [-0.3, -0.25) is 19.8 Å². The van der Waals surface area contributed by atoms with Crippen molar-refractivity contribution in [3.05, 3.63) is 116 Å². The van der Waals surface area contributed by atoms with Crippen LogP contribution in [0, 0.1) is 21.4 Å². The van der Waals surface area contributed by atoms with Crippen LogP contribution >= 0.6 is 23.2 Å². The Morgan fingerprint density at radius 1 is 1.03 bits per heavy atom. The first-order valence-corrected chi connectivity index (χ1v) is 22.9. The summed E-state index contributed by atoms with van der Waals surface area (Å²) in [6.07, 6.45) is 6.71. The van der Waals surface area contributed by atoms with Crippen LogP contribution in [0.1, 0.15) is 62.4 Å². The lowest BCUT2D eigenvalue weighted by atomic mass is 9.81. The van der Waals surface area contributed by atoms with Crippen molar-refractivity contribution in [1.82, 2.24) is 19.6 Å². The molecule has 5 aromatic rings. The maximum atomic E-state index is 13.9. The predicted octanol–water partition coefficient (Wildman–Crippen LogP) is 9.47. The van der Waals surface area contributed by atoms with E-state index >= 15 is 0 Å². The van der Waals surface area contributed by atoms with E-state index in [2.05, 4.69) is 50.6 Å². The van der Waals surface area contributed by atoms with E-state index in [1.807, 2.05) is 30.3 Å². The molecule has 14 nitrogen and oxygen atoms in total. The number of carbonyl (C=O) groups excluding carboxylic acids is 1. The highest BCUT2D eigenvalue weighted by atomic mass is 35.5. The summed E-state index contributed by atoms with van der Waals surface area (Å²) in [6, 6.07) is 19.9. The average molecular weight is 905 g/mol. The van der Waals surface area contributed by atoms with Crippen LogP contribution in [-0.2, 0) is 14.8 Å². The first kappa shape index (κ1) is 44.9. The number of nitro groups is 1. The Morgan fingerprint density at radius 2 is 1.77 bits per heavy atom. The zero-order valence-electron chi connectivity index (χ0n) is 35.0. The van der Waals surface area contributed by atoms with Gasteiger partial charge in [0, 0.05) is 91.9 Å². The predicted molar refractivity (Wildman–Crippen MR) is 244 cm³/mol. The Balaban J connectivity index is 1.09. The standard InChI is InChI=1S/C45H51Cl2N7O7S/c1-4-45(2,3)26-38(31-5-7-33(46)8-6-31)39(47)29-52-17-19-53(20-18-52)34-9-11-37(42(24-34)61-35-23-32-13-16-48-43(32)50-28-35)44(55)51-62(58,59)36-10-12-40(41(25-36)54(56)57)49-27-30-14-21-60-22-15-30/h5-13,16,23-25,28,30,49H,4,14-15,17-22,26-27,29H2,1-3H3,(H,48,50)(H,51,55). The summed E-state index contributed by atoms with van der Waals surface area (Å²) in [5.41, 5.74) is 3.34. The molecule has 2 aromatic heterocycles. The zero-order valence-corrected chi connectivity index (χ0v) is 37.3. The molecule has 2 saturated heterocycles. The normalized spacial score (nSPS) is 15.9. The Bertz CT molecular complexity index is 2550. The topological polar surface area (TPSA) is 172 Å². The summed E-state index contributed by atoms with van der Waals surface area (Å²) in [6.45, 7) is 11.7. The number of aromatic nitrogens is 2. The number of ether oxygens (including phenoxy) is 2. The number of benzene rings is 3. The lowest BCUT2D eigenvalue weighted by molar-refractivity contribution is -0.384. The molecule has 62 heavy (non-hydrogen) atoms. The van der Waals surface area contributed by atoms with Crippen LogP contribution in [0.15, 0.2) is 95.1 Å². The van der Waals surface area contributed by atoms with Crippen molar-refractivity contribution in [2.75, 3.05) is 62.7 Å². The van der Waals surface area contributed by atoms with Gasteiger partial charge >= 0.3 is 0 Å². The number of allylic oxidation sites excluding steroid dienone is 1. The second kappa shape index (κ2) is 19.5. The van der Waals surface area contributed by atoms with Gasteiger partial charge in [0.15, 0.2) is 0 Å². The molecular formula is C45H51Cl2N7O7S. The summed E-state index contributed by atoms with van der Waals surface area (Å²) < 4.78 is 41.1. The van der Waals surface area contributed by atoms with E-state index in [1.54, 1.807) is 24.4 Å². The highest BCUT2D eigenvalue weighted by Crippen LogP contribution is 2.38. The molecule has 3 aromatic carbocycles. The van der Waals surface area contributed by atoms with Gasteiger partial charge in [0.2, 0.25) is 0 Å². The Kier molecular flexibility index (Phi) is 14.1. The lowest BCUT2D eigenvalue weighted by Crippen LogP contribution is -2.46. The summed E-state index contributed by atoms with van der Waals surface area (Å²) in [5.74, 6) is -0.269. The van der Waals surface area contributed by atoms with Crippen LogP contribution in [0.5, 0.6) is 11.5 Å². The van der Waals surface area contributed by atoms with Crippen molar-refractivity contribution >= 4 is 72.8 Å². The summed E-state index contributed by atoms with van der Waals surface area (Å²) >= 11 is 13.4. The number of aromatic amines is 1. The molecule has 2 aliphatic heterocycles. The van der Waals surface area contributed by atoms with Gasteiger partial charge < -0.3 is 24.7 Å². The van der Waals surface area contributed by atoms with Gasteiger partial charge in [0.25, 0.3) is 21.6 Å². The largest absolute Gasteiger partial charge is 0.455 e. The molecule has 0 spiro atoms. The number of rotatable bonds is 16. The van der Waals surface area contributed by atoms with E-state index in [9.17, 15) is 23.3 Å². The molecule has 4 heterocycles. The highest BCUT2D eigenvalue weighted by molar-refractivity contribution is 7.90. The summed E-state index contributed by atoms with van der Waals surface area (Å²) in [5, 5.41) is 17.4. The van der Waals surface area contributed by atoms with Crippen LogP contribution in [0.4, 0.5) is 17.1 Å². The van der Waals surface area contributed by atoms with Crippen molar-refractivity contribution in [1.29, 1.82) is 0 Å². The van der Waals surface area contributed by atoms with Gasteiger partial charge in [-0.1, -0.05) is 62.5 Å². The molecule has 0 aliphatic carbocycles. The SMILES string of the molecule is CCC(C)(C)CC(=C(Cl)CN1CCN(c2ccc(C(=O)NS(=O)(=O)c3ccc(NCC4CCOCC4)c([N+](=O)[O-])c3)c(Oc3cnc4[nH]ccc4c3)c2)CC1)c1ccc(Cl)cc1. The fraction of sp³-hybridized carbons (Fsp3) is 0.378. The third-order valence-electron chi connectivity index (χ3n) is 11.7. The number of hydrogen-bond acceptors (Lipinski definition) is 11. The van der Waals surface area contributed by atoms with Crippen molar-refractivity contribution in [3.8, 4) is 11.5 Å². The molecule has 17 heteroatoms. The van der Waals surface area contributed by atoms with Crippen LogP contribution in [0.3, 0.4) is 0 Å². The van der Waals surface area contributed by atoms with Gasteiger partial charge in [-0.2, -0.15) is 0 Å². The zero-order chi connectivity index (χ0) is 44.0. The molecule has 0 unspecified atom stereocenters. The molecule has 0 bridgehead atoms. The van der Waals surface area contributed by atoms with E-state index in [-0.39, 0.29) is 28.3 Å². The number of piperazine rings is 1. The van der Waals surface area contributed by atoms with E-state index in [0.717, 1.165) is 59.0 Å². The number of nitro benzene ring substituents is 1. The number of halogens is 2. The average Bonchev–Trinajstić information content (AvgIpc) is 3.74. The van der Waals surface area contributed by atoms with Crippen molar-refractivity contribution in [2.45, 2.75) is 51.3 Å². The van der Waals surface area contributed by atoms with Gasteiger partial charge in [0.05, 0.1) is 21.6 Å². The molecule has 7 rings (SSSR count). The Hall–Kier alpha value is -5.19. The summed E-state index contributed by atoms with van der Waals surface area (Å²) in [7, 11) is -4.57. The number of anilines is 2. The van der Waals surface area contributed by atoms with Crippen LogP contribution in [0.2, 0.25) is 5.02 Å². The third-order valence-corrected chi connectivity index (χ3v) is 13.6. The van der Waals surface area contributed by atoms with Crippen molar-refractivity contribution in [2.24, 2.45) is 11.3 Å². The minimum Gasteiger partial charge on any atom is -0.455 e. The second-order valence-electron chi connectivity index (χ2n) is 16.5. The quantitative estimate of drug-likeness (QED) is 0.0636. The lowest BCUT2D eigenvalue weighted by Gasteiger charge is -2.36. The molecule has 0 atom stereocenters. The number of H-pyrrole nitrogens is 1. The molecule has 0 radical (unpaired) electrons. The van der Waals surface area contributed by atoms with Crippen LogP contribution in [-0.4, -0.2) is 86.6 Å². The fourth-order valence-electron chi connectivity index (χ4n) is 7.57. The number of pyridine rings is 1. The van der Waals surface area contributed by atoms with Crippen molar-refractivity contribution in [3.63, 3.8) is 0 Å². The number of hydrogen-bond donors (Lipinski definition) is 3. The number of sulfonamides is 1. The van der Waals surface area contributed by atoms with E-state index in [0.29, 0.717) is 68.9 Å². The Morgan fingerprint density at radius 3 is 2.48 bits per heavy atom. The van der Waals surface area contributed by atoms with E-state index in [4.69, 9.17) is 32.7 Å². The maximum absolute atomic E-state index is 13.9. The van der Waals surface area contributed by atoms with Gasteiger partial charge in [0.1, 0.15) is 22.8 Å². The molecule has 0 saturated carbocycles. The number of nitrogens with zero attached hydrogens (tertiary/aromatic N) is 4. The van der Waals surface area contributed by atoms with Crippen LogP contribution in [0.25, 0.3) is 16.6 Å². The summed E-state index contributed by atoms with van der Waals surface area (Å²) in [4.78, 5) is 36.8. The van der Waals surface area contributed by atoms with Crippen LogP contribution < -0.4 is 19.7 Å². The molecule has 2 fully saturated rings. The van der Waals surface area contributed by atoms with Gasteiger partial charge in [-0.15, -0.1) is 0 Å². The van der Waals surface area contributed by atoms with Gasteiger partial charge in [-0.05, 0) is 90.3 Å². The minimum absolute atomic E-state index is 0.0544. The molecule has 3 N–H and O–H groups in total. The van der Waals surface area contributed by atoms with E-state index in [1.165, 1.54) is 24.4 Å². The number of nitrogens with one attached hydrogen (secondary N) is 3. The Labute approximate surface area is 371 Å². The second-order valence-corrected chi connectivity index (χ2v) is 19.1. The molecular weight excluding hydrogens is 854 g/mol. The minimum atomic E-state index is -4.57. The fourth-order valence-corrected chi connectivity index (χ4v) is 9.02. The highest BCUT2D eigenvalue weighted by Gasteiger charge is 2.28. The number of carbonyl (C=O) groups is 1. The molecule has 1 amide bonds.